The van der Waals surface area contributed by atoms with Crippen molar-refractivity contribution in [1.29, 1.82) is 0 Å². The van der Waals surface area contributed by atoms with Gasteiger partial charge in [0.15, 0.2) is 0 Å². The first-order valence-electron chi connectivity index (χ1n) is 5.76. The zero-order valence-electron chi connectivity index (χ0n) is 9.86. The highest BCUT2D eigenvalue weighted by Crippen LogP contribution is 2.44. The van der Waals surface area contributed by atoms with E-state index in [2.05, 4.69) is 5.32 Å². The predicted octanol–water partition coefficient (Wildman–Crippen LogP) is 1.20. The Morgan fingerprint density at radius 2 is 2.18 bits per heavy atom. The van der Waals surface area contributed by atoms with E-state index in [1.54, 1.807) is 25.1 Å². The van der Waals surface area contributed by atoms with Crippen molar-refractivity contribution in [2.45, 2.75) is 19.8 Å². The van der Waals surface area contributed by atoms with Crippen LogP contribution in [-0.2, 0) is 0 Å². The van der Waals surface area contributed by atoms with E-state index in [0.29, 0.717) is 17.7 Å². The molecule has 0 unspecified atom stereocenters. The molecule has 4 heteroatoms. The summed E-state index contributed by atoms with van der Waals surface area (Å²) in [6.45, 7) is 2.32. The van der Waals surface area contributed by atoms with E-state index in [-0.39, 0.29) is 23.7 Å². The summed E-state index contributed by atoms with van der Waals surface area (Å²) in [5, 5.41) is 21.7. The highest BCUT2D eigenvalue weighted by molar-refractivity contribution is 5.97. The number of aryl methyl sites for hydroxylation is 1. The van der Waals surface area contributed by atoms with E-state index in [9.17, 15) is 9.90 Å². The van der Waals surface area contributed by atoms with E-state index >= 15 is 0 Å². The van der Waals surface area contributed by atoms with Gasteiger partial charge in [-0.1, -0.05) is 12.1 Å². The second-order valence-electron chi connectivity index (χ2n) is 4.81. The predicted molar refractivity (Wildman–Crippen MR) is 63.9 cm³/mol. The quantitative estimate of drug-likeness (QED) is 0.734. The minimum atomic E-state index is -0.286. The van der Waals surface area contributed by atoms with Gasteiger partial charge in [0.2, 0.25) is 0 Å². The first-order chi connectivity index (χ1) is 8.08. The molecule has 0 heterocycles. The van der Waals surface area contributed by atoms with E-state index < -0.39 is 0 Å². The molecular formula is C13H17NO3. The van der Waals surface area contributed by atoms with Crippen molar-refractivity contribution in [3.05, 3.63) is 29.3 Å². The molecular weight excluding hydrogens is 218 g/mol. The molecule has 1 saturated carbocycles. The molecule has 1 aromatic rings. The summed E-state index contributed by atoms with van der Waals surface area (Å²) in [5.41, 5.74) is 0.856. The molecule has 0 saturated heterocycles. The monoisotopic (exact) mass is 235 g/mol. The van der Waals surface area contributed by atoms with Crippen LogP contribution in [0, 0.1) is 12.3 Å². The maximum Gasteiger partial charge on any atom is 0.255 e. The topological polar surface area (TPSA) is 69.6 Å². The zero-order valence-corrected chi connectivity index (χ0v) is 9.86. The number of aliphatic hydroxyl groups is 1. The number of aliphatic hydroxyl groups excluding tert-OH is 1. The summed E-state index contributed by atoms with van der Waals surface area (Å²) in [4.78, 5) is 11.9. The zero-order chi connectivity index (χ0) is 12.5. The van der Waals surface area contributed by atoms with E-state index in [0.717, 1.165) is 12.8 Å². The highest BCUT2D eigenvalue weighted by atomic mass is 16.3. The van der Waals surface area contributed by atoms with E-state index in [4.69, 9.17) is 5.11 Å². The summed E-state index contributed by atoms with van der Waals surface area (Å²) in [5.74, 6) is -0.259. The fraction of sp³-hybridized carbons (Fsp3) is 0.462. The summed E-state index contributed by atoms with van der Waals surface area (Å²) in [6, 6.07) is 5.08. The summed E-state index contributed by atoms with van der Waals surface area (Å²) in [7, 11) is 0. The van der Waals surface area contributed by atoms with Gasteiger partial charge in [-0.25, -0.2) is 0 Å². The fourth-order valence-corrected chi connectivity index (χ4v) is 1.77. The summed E-state index contributed by atoms with van der Waals surface area (Å²) >= 11 is 0. The molecule has 0 bridgehead atoms. The van der Waals surface area contributed by atoms with Crippen LogP contribution < -0.4 is 5.32 Å². The average Bonchev–Trinajstić information content (AvgIpc) is 3.10. The van der Waals surface area contributed by atoms with Crippen LogP contribution in [0.2, 0.25) is 0 Å². The molecule has 0 atom stereocenters. The van der Waals surface area contributed by atoms with Crippen LogP contribution in [0.1, 0.15) is 28.8 Å². The standard InChI is InChI=1S/C13H17NO3/c1-9-3-2-4-10(11(9)16)12(17)14-7-13(8-15)5-6-13/h2-4,15-16H,5-8H2,1H3,(H,14,17). The van der Waals surface area contributed by atoms with Crippen molar-refractivity contribution >= 4 is 5.91 Å². The van der Waals surface area contributed by atoms with Crippen LogP contribution >= 0.6 is 0 Å². The van der Waals surface area contributed by atoms with Gasteiger partial charge in [-0.15, -0.1) is 0 Å². The molecule has 3 N–H and O–H groups in total. The number of para-hydroxylation sites is 1. The van der Waals surface area contributed by atoms with Gasteiger partial charge in [-0.2, -0.15) is 0 Å². The number of carbonyl (C=O) groups excluding carboxylic acids is 1. The molecule has 2 rings (SSSR count). The lowest BCUT2D eigenvalue weighted by Gasteiger charge is -2.13. The van der Waals surface area contributed by atoms with E-state index in [1.165, 1.54) is 0 Å². The molecule has 0 aromatic heterocycles. The molecule has 1 aromatic carbocycles. The third-order valence-corrected chi connectivity index (χ3v) is 3.40. The lowest BCUT2D eigenvalue weighted by molar-refractivity contribution is 0.0932. The molecule has 1 fully saturated rings. The molecule has 0 aliphatic heterocycles. The number of nitrogens with one attached hydrogen (secondary N) is 1. The number of hydrogen-bond acceptors (Lipinski definition) is 3. The third kappa shape index (κ3) is 2.42. The number of phenolic OH excluding ortho intramolecular Hbond substituents is 1. The first-order valence-corrected chi connectivity index (χ1v) is 5.76. The molecule has 17 heavy (non-hydrogen) atoms. The van der Waals surface area contributed by atoms with Crippen molar-refractivity contribution in [3.63, 3.8) is 0 Å². The first kappa shape index (κ1) is 11.9. The molecule has 0 spiro atoms. The van der Waals surface area contributed by atoms with Crippen molar-refractivity contribution in [3.8, 4) is 5.75 Å². The fourth-order valence-electron chi connectivity index (χ4n) is 1.77. The van der Waals surface area contributed by atoms with Crippen molar-refractivity contribution < 1.29 is 15.0 Å². The van der Waals surface area contributed by atoms with Gasteiger partial charge in [0, 0.05) is 12.0 Å². The Labute approximate surface area is 100 Å². The molecule has 92 valence electrons. The SMILES string of the molecule is Cc1cccc(C(=O)NCC2(CO)CC2)c1O. The minimum Gasteiger partial charge on any atom is -0.507 e. The van der Waals surface area contributed by atoms with Crippen LogP contribution in [0.25, 0.3) is 0 Å². The maximum atomic E-state index is 11.9. The lowest BCUT2D eigenvalue weighted by Crippen LogP contribution is -2.31. The normalized spacial score (nSPS) is 16.6. The van der Waals surface area contributed by atoms with Gasteiger partial charge < -0.3 is 15.5 Å². The van der Waals surface area contributed by atoms with Crippen molar-refractivity contribution in [1.82, 2.24) is 5.32 Å². The van der Waals surface area contributed by atoms with Gasteiger partial charge in [0.1, 0.15) is 5.75 Å². The molecule has 0 radical (unpaired) electrons. The number of carbonyl (C=O) groups is 1. The van der Waals surface area contributed by atoms with Crippen LogP contribution in [-0.4, -0.2) is 29.3 Å². The number of benzene rings is 1. The van der Waals surface area contributed by atoms with Gasteiger partial charge >= 0.3 is 0 Å². The molecule has 1 aliphatic carbocycles. The summed E-state index contributed by atoms with van der Waals surface area (Å²) < 4.78 is 0. The average molecular weight is 235 g/mol. The Balaban J connectivity index is 2.02. The molecule has 1 amide bonds. The molecule has 1 aliphatic rings. The number of aromatic hydroxyl groups is 1. The van der Waals surface area contributed by atoms with Crippen LogP contribution in [0.5, 0.6) is 5.75 Å². The number of amides is 1. The Kier molecular flexibility index (Phi) is 3.07. The number of phenols is 1. The Bertz CT molecular complexity index is 438. The van der Waals surface area contributed by atoms with Crippen molar-refractivity contribution in [2.75, 3.05) is 13.2 Å². The largest absolute Gasteiger partial charge is 0.507 e. The smallest absolute Gasteiger partial charge is 0.255 e. The van der Waals surface area contributed by atoms with E-state index in [1.807, 2.05) is 0 Å². The number of hydrogen-bond donors (Lipinski definition) is 3. The Hall–Kier alpha value is -1.55. The van der Waals surface area contributed by atoms with Crippen LogP contribution in [0.4, 0.5) is 0 Å². The maximum absolute atomic E-state index is 11.9. The number of rotatable bonds is 4. The lowest BCUT2D eigenvalue weighted by atomic mass is 10.1. The molecule has 4 nitrogen and oxygen atoms in total. The van der Waals surface area contributed by atoms with Crippen LogP contribution in [0.15, 0.2) is 18.2 Å². The van der Waals surface area contributed by atoms with Gasteiger partial charge in [-0.05, 0) is 31.4 Å². The third-order valence-electron chi connectivity index (χ3n) is 3.40. The van der Waals surface area contributed by atoms with Gasteiger partial charge in [0.25, 0.3) is 5.91 Å². The van der Waals surface area contributed by atoms with Crippen molar-refractivity contribution in [2.24, 2.45) is 5.41 Å². The highest BCUT2D eigenvalue weighted by Gasteiger charge is 2.42. The van der Waals surface area contributed by atoms with Gasteiger partial charge in [0.05, 0.1) is 12.2 Å². The second-order valence-corrected chi connectivity index (χ2v) is 4.81. The van der Waals surface area contributed by atoms with Crippen LogP contribution in [0.3, 0.4) is 0 Å². The minimum absolute atomic E-state index is 0.0267. The second kappa shape index (κ2) is 4.37. The van der Waals surface area contributed by atoms with Gasteiger partial charge in [-0.3, -0.25) is 4.79 Å². The summed E-state index contributed by atoms with van der Waals surface area (Å²) in [6.07, 6.45) is 1.90. The Morgan fingerprint density at radius 3 is 2.76 bits per heavy atom. The Morgan fingerprint density at radius 1 is 1.47 bits per heavy atom.